The third-order valence-corrected chi connectivity index (χ3v) is 13.3. The van der Waals surface area contributed by atoms with Gasteiger partial charge in [0.1, 0.15) is 11.6 Å². The molecule has 0 bridgehead atoms. The predicted molar refractivity (Wildman–Crippen MR) is 263 cm³/mol. The van der Waals surface area contributed by atoms with Crippen molar-refractivity contribution in [1.82, 2.24) is 14.5 Å². The monoisotopic (exact) mass is 1030 g/mol. The Labute approximate surface area is 400 Å². The molecular weight excluding hydrogens is 990 g/mol. The number of nitrogens with zero attached hydrogens (tertiary/aromatic N) is 5. The van der Waals surface area contributed by atoms with E-state index < -0.39 is 0 Å². The van der Waals surface area contributed by atoms with Crippen molar-refractivity contribution in [2.75, 3.05) is 9.80 Å². The van der Waals surface area contributed by atoms with Crippen LogP contribution in [0.15, 0.2) is 200 Å². The van der Waals surface area contributed by atoms with Gasteiger partial charge in [0.2, 0.25) is 0 Å². The maximum atomic E-state index is 6.70. The van der Waals surface area contributed by atoms with Crippen LogP contribution in [0.4, 0.5) is 22.9 Å². The van der Waals surface area contributed by atoms with Gasteiger partial charge in [0.15, 0.2) is 0 Å². The Bertz CT molecular complexity index is 3270. The van der Waals surface area contributed by atoms with Gasteiger partial charge >= 0.3 is 0 Å². The van der Waals surface area contributed by atoms with Crippen LogP contribution >= 0.6 is 0 Å². The summed E-state index contributed by atoms with van der Waals surface area (Å²) in [5.41, 5.74) is 12.0. The second-order valence-corrected chi connectivity index (χ2v) is 17.0. The minimum absolute atomic E-state index is 0. The molecule has 2 aliphatic rings. The van der Waals surface area contributed by atoms with E-state index >= 15 is 0 Å². The molecule has 0 amide bonds. The van der Waals surface area contributed by atoms with Gasteiger partial charge in [-0.05, 0) is 70.8 Å². The maximum Gasteiger partial charge on any atom is 0.135 e. The van der Waals surface area contributed by atoms with Gasteiger partial charge in [0, 0.05) is 72.7 Å². The third kappa shape index (κ3) is 7.26. The Morgan fingerprint density at radius 1 is 0.530 bits per heavy atom. The number of hydrogen-bond donors (Lipinski definition) is 0. The quantitative estimate of drug-likeness (QED) is 0.135. The molecule has 1 aliphatic heterocycles. The summed E-state index contributed by atoms with van der Waals surface area (Å²) in [6.07, 6.45) is 9.77. The van der Waals surface area contributed by atoms with Gasteiger partial charge in [-0.25, -0.2) is 9.97 Å². The molecule has 0 radical (unpaired) electrons. The molecule has 1 fully saturated rings. The van der Waals surface area contributed by atoms with Gasteiger partial charge in [0.25, 0.3) is 0 Å². The molecule has 4 heterocycles. The molecule has 12 rings (SSSR count). The van der Waals surface area contributed by atoms with Gasteiger partial charge in [-0.3, -0.25) is 0 Å². The smallest absolute Gasteiger partial charge is 0.135 e. The second kappa shape index (κ2) is 17.6. The number of fused-ring (bicyclic) bond motifs is 4. The number of hydrogen-bond acceptors (Lipinski definition) is 5. The molecule has 0 unspecified atom stereocenters. The van der Waals surface area contributed by atoms with Crippen LogP contribution in [0.2, 0.25) is 0 Å². The molecule has 66 heavy (non-hydrogen) atoms. The molecule has 324 valence electrons. The van der Waals surface area contributed by atoms with Gasteiger partial charge in [-0.1, -0.05) is 158 Å². The largest absolute Gasteiger partial charge is 0.509 e. The van der Waals surface area contributed by atoms with Crippen LogP contribution in [0.3, 0.4) is 0 Å². The molecule has 0 atom stereocenters. The second-order valence-electron chi connectivity index (χ2n) is 17.0. The van der Waals surface area contributed by atoms with E-state index in [-0.39, 0.29) is 26.5 Å². The van der Waals surface area contributed by atoms with E-state index in [1.54, 1.807) is 0 Å². The third-order valence-electron chi connectivity index (χ3n) is 13.3. The van der Waals surface area contributed by atoms with Crippen molar-refractivity contribution < 1.29 is 25.8 Å². The summed E-state index contributed by atoms with van der Waals surface area (Å²) >= 11 is 0. The molecule has 1 aliphatic carbocycles. The first-order chi connectivity index (χ1) is 32.2. The van der Waals surface area contributed by atoms with E-state index in [1.165, 1.54) is 30.4 Å². The molecule has 7 heteroatoms. The Morgan fingerprint density at radius 3 is 1.97 bits per heavy atom. The summed E-state index contributed by atoms with van der Waals surface area (Å²) in [4.78, 5) is 14.3. The molecule has 7 aromatic carbocycles. The van der Waals surface area contributed by atoms with E-state index in [1.807, 2.05) is 42.7 Å². The Kier molecular flexibility index (Phi) is 11.1. The maximum absolute atomic E-state index is 6.70. The van der Waals surface area contributed by atoms with Crippen LogP contribution in [0, 0.1) is 18.8 Å². The summed E-state index contributed by atoms with van der Waals surface area (Å²) in [6, 6.07) is 73.4. The van der Waals surface area contributed by atoms with Gasteiger partial charge in [0.05, 0.1) is 5.69 Å². The molecule has 0 saturated heterocycles. The Balaban J connectivity index is 0.00000481. The average Bonchev–Trinajstić information content (AvgIpc) is 3.93. The van der Waals surface area contributed by atoms with Crippen molar-refractivity contribution in [1.29, 1.82) is 0 Å². The van der Waals surface area contributed by atoms with Gasteiger partial charge in [-0.2, -0.15) is 12.1 Å². The van der Waals surface area contributed by atoms with Crippen molar-refractivity contribution >= 4 is 44.7 Å². The molecule has 0 spiro atoms. The summed E-state index contributed by atoms with van der Waals surface area (Å²) in [6.45, 7) is 2.12. The number of ether oxygens (including phenoxy) is 1. The van der Waals surface area contributed by atoms with Crippen LogP contribution in [0.1, 0.15) is 43.2 Å². The number of rotatable bonds is 9. The van der Waals surface area contributed by atoms with E-state index in [4.69, 9.17) is 14.7 Å². The van der Waals surface area contributed by atoms with Crippen molar-refractivity contribution in [2.45, 2.75) is 37.5 Å². The van der Waals surface area contributed by atoms with E-state index in [0.29, 0.717) is 11.5 Å². The van der Waals surface area contributed by atoms with E-state index in [2.05, 4.69) is 191 Å². The minimum Gasteiger partial charge on any atom is -0.509 e. The van der Waals surface area contributed by atoms with Crippen molar-refractivity contribution in [3.8, 4) is 39.6 Å². The summed E-state index contributed by atoms with van der Waals surface area (Å²) < 4.78 is 8.95. The van der Waals surface area contributed by atoms with Crippen molar-refractivity contribution in [3.05, 3.63) is 230 Å². The first kappa shape index (κ1) is 41.4. The first-order valence-corrected chi connectivity index (χ1v) is 22.5. The fourth-order valence-corrected chi connectivity index (χ4v) is 10.3. The number of aromatic nitrogens is 3. The van der Waals surface area contributed by atoms with Crippen LogP contribution in [0.25, 0.3) is 49.9 Å². The molecule has 10 aromatic rings. The summed E-state index contributed by atoms with van der Waals surface area (Å²) in [5.74, 6) is 2.84. The summed E-state index contributed by atoms with van der Waals surface area (Å²) in [5, 5.41) is 2.24. The van der Waals surface area contributed by atoms with E-state index in [9.17, 15) is 0 Å². The Hall–Kier alpha value is -7.27. The zero-order valence-electron chi connectivity index (χ0n) is 36.1. The van der Waals surface area contributed by atoms with Crippen molar-refractivity contribution in [3.63, 3.8) is 0 Å². The molecule has 3 aromatic heterocycles. The number of benzene rings is 7. The van der Waals surface area contributed by atoms with Crippen LogP contribution in [-0.2, 0) is 26.5 Å². The first-order valence-electron chi connectivity index (χ1n) is 22.5. The number of para-hydroxylation sites is 2. The van der Waals surface area contributed by atoms with E-state index in [0.717, 1.165) is 85.6 Å². The fraction of sp³-hybridized carbons (Fsp3) is 0.102. The van der Waals surface area contributed by atoms with Crippen molar-refractivity contribution in [2.24, 2.45) is 0 Å². The van der Waals surface area contributed by atoms with Gasteiger partial charge in [-0.15, -0.1) is 42.4 Å². The van der Waals surface area contributed by atoms with Crippen LogP contribution in [-0.4, -0.2) is 14.5 Å². The topological polar surface area (TPSA) is 46.4 Å². The zero-order chi connectivity index (χ0) is 43.2. The van der Waals surface area contributed by atoms with Crippen LogP contribution < -0.4 is 14.5 Å². The fourth-order valence-electron chi connectivity index (χ4n) is 10.3. The minimum atomic E-state index is -0.0515. The SMILES string of the molecule is [Pt].[c-]1c(Oc2[c-]c3c(cc2)c2ccccc2n3-c2cc(C3(c4ccccc4)CCCCC3)ccn2)cccc1N1[CH-]N(c2c(-c3ccccc3)cccc2-c2ccccc2)c2cccnc21. The summed E-state index contributed by atoms with van der Waals surface area (Å²) in [7, 11) is 0. The molecule has 1 saturated carbocycles. The predicted octanol–water partition coefficient (Wildman–Crippen LogP) is 15.0. The van der Waals surface area contributed by atoms with Crippen LogP contribution in [0.5, 0.6) is 11.5 Å². The number of pyridine rings is 2. The number of anilines is 4. The standard InChI is InChI=1S/C59H44N5O.Pt/c1-5-18-42(19-6-1)49-27-16-28-50(43-20-7-2-8-21-43)57(49)63-41-62(58-54(63)30-17-36-61-58)46-24-15-25-47(39-46)65-48-31-32-52-51-26-11-12-29-53(51)64(55(52)40-48)56-38-45(33-37-60-56)59(34-13-4-14-35-59)44-22-9-3-10-23-44;/h1-3,5-12,15-33,36-38,41H,4,13-14,34-35H2;/q-3;. The normalized spacial score (nSPS) is 14.2. The Morgan fingerprint density at radius 2 is 1.21 bits per heavy atom. The molecular formula is C59H44N5OPt-3. The molecule has 6 nitrogen and oxygen atoms in total. The zero-order valence-corrected chi connectivity index (χ0v) is 38.4. The molecule has 0 N–H and O–H groups in total. The average molecular weight is 1030 g/mol. The van der Waals surface area contributed by atoms with Gasteiger partial charge < -0.3 is 19.1 Å².